The number of benzene rings is 2. The molecule has 1 aliphatic heterocycles. The molecule has 1 amide bonds. The normalized spacial score (nSPS) is 14.0. The van der Waals surface area contributed by atoms with Crippen LogP contribution in [0.25, 0.3) is 0 Å². The molecule has 1 aliphatic rings. The number of piperazine rings is 1. The summed E-state index contributed by atoms with van der Waals surface area (Å²) in [6.07, 6.45) is 0. The van der Waals surface area contributed by atoms with E-state index in [1.165, 1.54) is 11.8 Å². The van der Waals surface area contributed by atoms with Gasteiger partial charge in [0.25, 0.3) is 0 Å². The first-order valence-electron chi connectivity index (χ1n) is 9.16. The lowest BCUT2D eigenvalue weighted by Crippen LogP contribution is -2.49. The van der Waals surface area contributed by atoms with Crippen LogP contribution in [0.15, 0.2) is 47.4 Å². The zero-order chi connectivity index (χ0) is 19.9. The predicted octanol–water partition coefficient (Wildman–Crippen LogP) is 3.15. The highest BCUT2D eigenvalue weighted by Crippen LogP contribution is 2.32. The molecule has 1 saturated heterocycles. The average Bonchev–Trinajstić information content (AvgIpc) is 2.77. The van der Waals surface area contributed by atoms with Crippen molar-refractivity contribution < 1.29 is 19.0 Å². The summed E-state index contributed by atoms with van der Waals surface area (Å²) >= 11 is 1.52. The molecule has 6 nitrogen and oxygen atoms in total. The van der Waals surface area contributed by atoms with E-state index in [0.717, 1.165) is 42.5 Å². The largest absolute Gasteiger partial charge is 0.497 e. The molecule has 0 N–H and O–H groups in total. The molecular formula is C21H26N2O4S. The standard InChI is InChI=1S/C21H26N2O4S/c1-25-17-6-4-16(5-7-17)22-10-12-23(13-11-22)21(24)15-28-18-8-9-19(26-2)20(14-18)27-3/h4-9,14H,10-13,15H2,1-3H3. The third kappa shape index (κ3) is 4.84. The molecule has 28 heavy (non-hydrogen) atoms. The third-order valence-electron chi connectivity index (χ3n) is 4.79. The number of amides is 1. The minimum absolute atomic E-state index is 0.161. The minimum atomic E-state index is 0.161. The summed E-state index contributed by atoms with van der Waals surface area (Å²) in [6, 6.07) is 13.8. The van der Waals surface area contributed by atoms with Crippen LogP contribution < -0.4 is 19.1 Å². The molecular weight excluding hydrogens is 376 g/mol. The summed E-state index contributed by atoms with van der Waals surface area (Å²) < 4.78 is 15.8. The first-order chi connectivity index (χ1) is 13.6. The Hall–Kier alpha value is -2.54. The Kier molecular flexibility index (Phi) is 6.92. The maximum Gasteiger partial charge on any atom is 0.233 e. The van der Waals surface area contributed by atoms with E-state index in [4.69, 9.17) is 14.2 Å². The van der Waals surface area contributed by atoms with Crippen molar-refractivity contribution in [3.63, 3.8) is 0 Å². The number of methoxy groups -OCH3 is 3. The van der Waals surface area contributed by atoms with Crippen molar-refractivity contribution in [3.8, 4) is 17.2 Å². The second-order valence-corrected chi connectivity index (χ2v) is 7.42. The topological polar surface area (TPSA) is 51.2 Å². The van der Waals surface area contributed by atoms with Crippen LogP contribution in [0.2, 0.25) is 0 Å². The second-order valence-electron chi connectivity index (χ2n) is 6.37. The lowest BCUT2D eigenvalue weighted by Gasteiger charge is -2.36. The van der Waals surface area contributed by atoms with Gasteiger partial charge in [0.15, 0.2) is 11.5 Å². The van der Waals surface area contributed by atoms with Crippen molar-refractivity contribution in [1.82, 2.24) is 4.90 Å². The van der Waals surface area contributed by atoms with Gasteiger partial charge in [0, 0.05) is 36.8 Å². The van der Waals surface area contributed by atoms with Gasteiger partial charge >= 0.3 is 0 Å². The van der Waals surface area contributed by atoms with Crippen LogP contribution in [0, 0.1) is 0 Å². The number of anilines is 1. The zero-order valence-electron chi connectivity index (χ0n) is 16.5. The maximum atomic E-state index is 12.6. The third-order valence-corrected chi connectivity index (χ3v) is 5.77. The molecule has 0 radical (unpaired) electrons. The fraction of sp³-hybridized carbons (Fsp3) is 0.381. The van der Waals surface area contributed by atoms with Gasteiger partial charge < -0.3 is 24.0 Å². The summed E-state index contributed by atoms with van der Waals surface area (Å²) in [5.41, 5.74) is 1.16. The highest BCUT2D eigenvalue weighted by atomic mass is 32.2. The molecule has 0 spiro atoms. The zero-order valence-corrected chi connectivity index (χ0v) is 17.3. The average molecular weight is 403 g/mol. The highest BCUT2D eigenvalue weighted by Gasteiger charge is 2.21. The van der Waals surface area contributed by atoms with Crippen molar-refractivity contribution in [3.05, 3.63) is 42.5 Å². The molecule has 0 bridgehead atoms. The Bertz CT molecular complexity index is 789. The van der Waals surface area contributed by atoms with E-state index >= 15 is 0 Å². The number of ether oxygens (including phenoxy) is 3. The molecule has 3 rings (SSSR count). The van der Waals surface area contributed by atoms with E-state index in [2.05, 4.69) is 17.0 Å². The molecule has 0 unspecified atom stereocenters. The van der Waals surface area contributed by atoms with Crippen LogP contribution in [0.5, 0.6) is 17.2 Å². The van der Waals surface area contributed by atoms with Crippen LogP contribution in [0.3, 0.4) is 0 Å². The molecule has 0 aromatic heterocycles. The molecule has 1 fully saturated rings. The predicted molar refractivity (Wildman–Crippen MR) is 112 cm³/mol. The van der Waals surface area contributed by atoms with Gasteiger partial charge in [-0.3, -0.25) is 4.79 Å². The fourth-order valence-corrected chi connectivity index (χ4v) is 3.98. The lowest BCUT2D eigenvalue weighted by atomic mass is 10.2. The number of hydrogen-bond donors (Lipinski definition) is 0. The fourth-order valence-electron chi connectivity index (χ4n) is 3.15. The van der Waals surface area contributed by atoms with Crippen LogP contribution in [-0.2, 0) is 4.79 Å². The van der Waals surface area contributed by atoms with E-state index in [0.29, 0.717) is 17.3 Å². The van der Waals surface area contributed by atoms with Gasteiger partial charge in [-0.1, -0.05) is 0 Å². The Morgan fingerprint density at radius 3 is 2.18 bits per heavy atom. The van der Waals surface area contributed by atoms with Crippen LogP contribution in [0.1, 0.15) is 0 Å². The van der Waals surface area contributed by atoms with Gasteiger partial charge in [-0.15, -0.1) is 11.8 Å². The summed E-state index contributed by atoms with van der Waals surface area (Å²) in [5.74, 6) is 2.79. The summed E-state index contributed by atoms with van der Waals surface area (Å²) in [7, 11) is 4.89. The Morgan fingerprint density at radius 1 is 0.893 bits per heavy atom. The molecule has 2 aromatic rings. The van der Waals surface area contributed by atoms with Gasteiger partial charge in [-0.2, -0.15) is 0 Å². The van der Waals surface area contributed by atoms with E-state index in [1.54, 1.807) is 21.3 Å². The molecule has 0 saturated carbocycles. The van der Waals surface area contributed by atoms with E-state index < -0.39 is 0 Å². The molecule has 150 valence electrons. The van der Waals surface area contributed by atoms with Crippen LogP contribution >= 0.6 is 11.8 Å². The number of thioether (sulfide) groups is 1. The van der Waals surface area contributed by atoms with Crippen LogP contribution in [-0.4, -0.2) is 64.1 Å². The Balaban J connectivity index is 1.49. The summed E-state index contributed by atoms with van der Waals surface area (Å²) in [5, 5.41) is 0. The summed E-state index contributed by atoms with van der Waals surface area (Å²) in [4.78, 5) is 17.8. The number of carbonyl (C=O) groups is 1. The van der Waals surface area contributed by atoms with Crippen molar-refractivity contribution in [2.45, 2.75) is 4.90 Å². The van der Waals surface area contributed by atoms with E-state index in [9.17, 15) is 4.79 Å². The van der Waals surface area contributed by atoms with Gasteiger partial charge in [-0.25, -0.2) is 0 Å². The number of rotatable bonds is 7. The first-order valence-corrected chi connectivity index (χ1v) is 10.1. The molecule has 0 atom stereocenters. The van der Waals surface area contributed by atoms with Crippen molar-refractivity contribution in [2.75, 3.05) is 58.2 Å². The Morgan fingerprint density at radius 2 is 1.57 bits per heavy atom. The van der Waals surface area contributed by atoms with E-state index in [-0.39, 0.29) is 5.91 Å². The second kappa shape index (κ2) is 9.59. The minimum Gasteiger partial charge on any atom is -0.497 e. The SMILES string of the molecule is COc1ccc(N2CCN(C(=O)CSc3ccc(OC)c(OC)c3)CC2)cc1. The number of hydrogen-bond acceptors (Lipinski definition) is 6. The maximum absolute atomic E-state index is 12.6. The molecule has 1 heterocycles. The van der Waals surface area contributed by atoms with Gasteiger partial charge in [0.05, 0.1) is 27.1 Å². The molecule has 7 heteroatoms. The smallest absolute Gasteiger partial charge is 0.233 e. The van der Waals surface area contributed by atoms with Crippen molar-refractivity contribution in [1.29, 1.82) is 0 Å². The van der Waals surface area contributed by atoms with Gasteiger partial charge in [-0.05, 0) is 42.5 Å². The number of carbonyl (C=O) groups excluding carboxylic acids is 1. The highest BCUT2D eigenvalue weighted by molar-refractivity contribution is 8.00. The van der Waals surface area contributed by atoms with Gasteiger partial charge in [0.1, 0.15) is 5.75 Å². The van der Waals surface area contributed by atoms with E-state index in [1.807, 2.05) is 35.2 Å². The quantitative estimate of drug-likeness (QED) is 0.663. The van der Waals surface area contributed by atoms with Crippen molar-refractivity contribution >= 4 is 23.4 Å². The number of nitrogens with zero attached hydrogens (tertiary/aromatic N) is 2. The lowest BCUT2D eigenvalue weighted by molar-refractivity contribution is -0.128. The van der Waals surface area contributed by atoms with Gasteiger partial charge in [0.2, 0.25) is 5.91 Å². The van der Waals surface area contributed by atoms with Crippen LogP contribution in [0.4, 0.5) is 5.69 Å². The molecule has 0 aliphatic carbocycles. The molecule has 2 aromatic carbocycles. The first kappa shape index (κ1) is 20.2. The summed E-state index contributed by atoms with van der Waals surface area (Å²) in [6.45, 7) is 3.13. The van der Waals surface area contributed by atoms with Crippen molar-refractivity contribution in [2.24, 2.45) is 0 Å². The Labute approximate surface area is 170 Å². The monoisotopic (exact) mass is 402 g/mol.